The summed E-state index contributed by atoms with van der Waals surface area (Å²) in [6, 6.07) is 0. The molecule has 0 atom stereocenters. The second-order valence-corrected chi connectivity index (χ2v) is 6.02. The Bertz CT molecular complexity index is 205. The van der Waals surface area contributed by atoms with Crippen molar-refractivity contribution in [1.82, 2.24) is 0 Å². The minimum Gasteiger partial charge on any atom is -0.268 e. The van der Waals surface area contributed by atoms with Crippen molar-refractivity contribution in [2.45, 2.75) is 10.2 Å². The lowest BCUT2D eigenvalue weighted by Gasteiger charge is -2.08. The lowest BCUT2D eigenvalue weighted by atomic mass is 10.6. The Balaban J connectivity index is 3.91. The predicted molar refractivity (Wildman–Crippen MR) is 45.1 cm³/mol. The first kappa shape index (κ1) is 11.8. The zero-order chi connectivity index (χ0) is 9.12. The van der Waals surface area contributed by atoms with Gasteiger partial charge in [0.25, 0.3) is 10.1 Å². The number of halogens is 3. The van der Waals surface area contributed by atoms with E-state index in [-0.39, 0.29) is 12.2 Å². The Morgan fingerprint density at radius 1 is 1.36 bits per heavy atom. The molecule has 1 radical (unpaired) electrons. The molecule has 0 amide bonds. The van der Waals surface area contributed by atoms with Gasteiger partial charge in [-0.1, -0.05) is 34.8 Å². The highest BCUT2D eigenvalue weighted by Gasteiger charge is 2.23. The minimum atomic E-state index is -3.62. The highest BCUT2D eigenvalue weighted by molar-refractivity contribution is 7.86. The van der Waals surface area contributed by atoms with Crippen LogP contribution in [0.5, 0.6) is 0 Å². The van der Waals surface area contributed by atoms with Gasteiger partial charge in [0.05, 0.1) is 12.9 Å². The van der Waals surface area contributed by atoms with Gasteiger partial charge < -0.3 is 0 Å². The lowest BCUT2D eigenvalue weighted by Crippen LogP contribution is -2.13. The lowest BCUT2D eigenvalue weighted by molar-refractivity contribution is 0.436. The largest absolute Gasteiger partial charge is 0.268 e. The molecular formula is C4H6Cl3O3S. The van der Waals surface area contributed by atoms with Gasteiger partial charge in [-0.3, -0.25) is 4.18 Å². The summed E-state index contributed by atoms with van der Waals surface area (Å²) in [5.74, 6) is -0.354. The third-order valence-corrected chi connectivity index (χ3v) is 2.45. The molecule has 0 unspecified atom stereocenters. The van der Waals surface area contributed by atoms with Crippen molar-refractivity contribution >= 4 is 44.9 Å². The predicted octanol–water partition coefficient (Wildman–Crippen LogP) is 1.88. The van der Waals surface area contributed by atoms with E-state index in [9.17, 15) is 8.42 Å². The fourth-order valence-electron chi connectivity index (χ4n) is 0.300. The standard InChI is InChI=1S/C4H6Cl3O3S/c1-10-11(8,9)3-2-4(5,6)7/h1-3H2. The smallest absolute Gasteiger partial charge is 0.267 e. The molecule has 0 N–H and O–H groups in total. The van der Waals surface area contributed by atoms with E-state index in [0.29, 0.717) is 0 Å². The van der Waals surface area contributed by atoms with Crippen LogP contribution >= 0.6 is 34.8 Å². The van der Waals surface area contributed by atoms with E-state index in [1.54, 1.807) is 0 Å². The van der Waals surface area contributed by atoms with Gasteiger partial charge in [0, 0.05) is 6.42 Å². The molecule has 0 aliphatic rings. The molecule has 0 aromatic carbocycles. The molecule has 0 aromatic rings. The molecule has 0 heterocycles. The Morgan fingerprint density at radius 3 is 2.09 bits per heavy atom. The molecule has 0 saturated heterocycles. The summed E-state index contributed by atoms with van der Waals surface area (Å²) in [6.45, 7) is 0. The summed E-state index contributed by atoms with van der Waals surface area (Å²) in [5.41, 5.74) is 0. The Kier molecular flexibility index (Phi) is 4.43. The third-order valence-electron chi connectivity index (χ3n) is 0.815. The summed E-state index contributed by atoms with van der Waals surface area (Å²) in [7, 11) is -0.876. The first-order valence-corrected chi connectivity index (χ1v) is 5.21. The van der Waals surface area contributed by atoms with Crippen LogP contribution in [0, 0.1) is 7.11 Å². The first-order valence-electron chi connectivity index (χ1n) is 2.50. The molecular weight excluding hydrogens is 234 g/mol. The van der Waals surface area contributed by atoms with Gasteiger partial charge in [-0.15, -0.1) is 0 Å². The van der Waals surface area contributed by atoms with E-state index in [1.807, 2.05) is 0 Å². The SMILES string of the molecule is [CH2]OS(=O)(=O)CCC(Cl)(Cl)Cl. The molecule has 0 spiro atoms. The zero-order valence-corrected chi connectivity index (χ0v) is 8.47. The molecule has 67 valence electrons. The fraction of sp³-hybridized carbons (Fsp3) is 0.750. The Hall–Kier alpha value is 0.780. The number of hydrogen-bond donors (Lipinski definition) is 0. The fourth-order valence-corrected chi connectivity index (χ4v) is 1.59. The third kappa shape index (κ3) is 7.15. The zero-order valence-electron chi connectivity index (χ0n) is 5.39. The first-order chi connectivity index (χ1) is 4.77. The van der Waals surface area contributed by atoms with Gasteiger partial charge in [-0.25, -0.2) is 0 Å². The summed E-state index contributed by atoms with van der Waals surface area (Å²) < 4.78 is 23.5. The van der Waals surface area contributed by atoms with Crippen molar-refractivity contribution in [2.75, 3.05) is 5.75 Å². The summed E-state index contributed by atoms with van der Waals surface area (Å²) in [6.07, 6.45) is -0.116. The molecule has 0 aliphatic heterocycles. The van der Waals surface area contributed by atoms with E-state index < -0.39 is 13.9 Å². The molecule has 0 bridgehead atoms. The highest BCUT2D eigenvalue weighted by atomic mass is 35.6. The molecule has 0 rings (SSSR count). The molecule has 0 saturated carbocycles. The van der Waals surface area contributed by atoms with E-state index in [0.717, 1.165) is 0 Å². The maximum atomic E-state index is 10.6. The summed E-state index contributed by atoms with van der Waals surface area (Å²) >= 11 is 15.9. The quantitative estimate of drug-likeness (QED) is 0.559. The van der Waals surface area contributed by atoms with E-state index in [1.165, 1.54) is 0 Å². The van der Waals surface area contributed by atoms with Gasteiger partial charge in [0.15, 0.2) is 3.79 Å². The van der Waals surface area contributed by atoms with E-state index in [4.69, 9.17) is 34.8 Å². The van der Waals surface area contributed by atoms with Crippen molar-refractivity contribution in [3.05, 3.63) is 7.11 Å². The van der Waals surface area contributed by atoms with Crippen LogP contribution in [0.3, 0.4) is 0 Å². The second kappa shape index (κ2) is 4.14. The van der Waals surface area contributed by atoms with Crippen LogP contribution in [0.2, 0.25) is 0 Å². The van der Waals surface area contributed by atoms with Gasteiger partial charge in [0.1, 0.15) is 0 Å². The summed E-state index contributed by atoms with van der Waals surface area (Å²) in [5, 5.41) is 0. The van der Waals surface area contributed by atoms with Crippen LogP contribution < -0.4 is 0 Å². The van der Waals surface area contributed by atoms with Gasteiger partial charge >= 0.3 is 0 Å². The van der Waals surface area contributed by atoms with Crippen molar-refractivity contribution in [3.8, 4) is 0 Å². The van der Waals surface area contributed by atoms with Crippen molar-refractivity contribution in [1.29, 1.82) is 0 Å². The number of rotatable bonds is 3. The van der Waals surface area contributed by atoms with Gasteiger partial charge in [-0.05, 0) is 0 Å². The monoisotopic (exact) mass is 239 g/mol. The Morgan fingerprint density at radius 2 is 1.82 bits per heavy atom. The normalized spacial score (nSPS) is 13.5. The molecule has 0 aromatic heterocycles. The van der Waals surface area contributed by atoms with Crippen LogP contribution in [0.1, 0.15) is 6.42 Å². The number of alkyl halides is 3. The van der Waals surface area contributed by atoms with E-state index in [2.05, 4.69) is 11.3 Å². The topological polar surface area (TPSA) is 43.4 Å². The van der Waals surface area contributed by atoms with Crippen molar-refractivity contribution < 1.29 is 12.6 Å². The minimum absolute atomic E-state index is 0.116. The molecule has 3 nitrogen and oxygen atoms in total. The number of hydrogen-bond acceptors (Lipinski definition) is 3. The van der Waals surface area contributed by atoms with Crippen LogP contribution in [0.4, 0.5) is 0 Å². The van der Waals surface area contributed by atoms with Gasteiger partial charge in [-0.2, -0.15) is 8.42 Å². The van der Waals surface area contributed by atoms with Crippen molar-refractivity contribution in [2.24, 2.45) is 0 Å². The average Bonchev–Trinajstić information content (AvgIpc) is 1.83. The van der Waals surface area contributed by atoms with Crippen LogP contribution in [0.25, 0.3) is 0 Å². The average molecular weight is 241 g/mol. The highest BCUT2D eigenvalue weighted by Crippen LogP contribution is 2.30. The maximum absolute atomic E-state index is 10.6. The Labute approximate surface area is 80.7 Å². The van der Waals surface area contributed by atoms with Crippen LogP contribution in [-0.2, 0) is 14.3 Å². The molecule has 0 fully saturated rings. The molecule has 11 heavy (non-hydrogen) atoms. The molecule has 7 heteroatoms. The van der Waals surface area contributed by atoms with Crippen LogP contribution in [-0.4, -0.2) is 18.0 Å². The summed E-state index contributed by atoms with van der Waals surface area (Å²) in [4.78, 5) is 0. The van der Waals surface area contributed by atoms with Gasteiger partial charge in [0.2, 0.25) is 0 Å². The van der Waals surface area contributed by atoms with E-state index >= 15 is 0 Å². The maximum Gasteiger partial charge on any atom is 0.267 e. The van der Waals surface area contributed by atoms with Crippen LogP contribution in [0.15, 0.2) is 0 Å². The molecule has 0 aliphatic carbocycles. The second-order valence-electron chi connectivity index (χ2n) is 1.74. The van der Waals surface area contributed by atoms with Crippen molar-refractivity contribution in [3.63, 3.8) is 0 Å².